The number of aldehydes is 1. The summed E-state index contributed by atoms with van der Waals surface area (Å²) >= 11 is 0. The largest absolute Gasteiger partial charge is 0.378 e. The highest BCUT2D eigenvalue weighted by molar-refractivity contribution is 5.79. The molecule has 0 fully saturated rings. The van der Waals surface area contributed by atoms with Gasteiger partial charge in [-0.05, 0) is 24.7 Å². The molecule has 3 aromatic heterocycles. The number of hydrogen-bond acceptors (Lipinski definition) is 6. The van der Waals surface area contributed by atoms with E-state index in [9.17, 15) is 9.59 Å². The van der Waals surface area contributed by atoms with E-state index < -0.39 is 0 Å². The van der Waals surface area contributed by atoms with Gasteiger partial charge in [0.15, 0.2) is 0 Å². The quantitative estimate of drug-likeness (QED) is 0.420. The second-order valence-electron chi connectivity index (χ2n) is 7.67. The van der Waals surface area contributed by atoms with Gasteiger partial charge in [0.1, 0.15) is 12.0 Å². The highest BCUT2D eigenvalue weighted by Crippen LogP contribution is 2.26. The molecule has 0 spiro atoms. The van der Waals surface area contributed by atoms with Crippen LogP contribution in [-0.4, -0.2) is 39.4 Å². The van der Waals surface area contributed by atoms with Gasteiger partial charge in [-0.25, -0.2) is 4.98 Å². The predicted molar refractivity (Wildman–Crippen MR) is 125 cm³/mol. The lowest BCUT2D eigenvalue weighted by Crippen LogP contribution is -2.32. The lowest BCUT2D eigenvalue weighted by Gasteiger charge is -2.25. The highest BCUT2D eigenvalue weighted by Gasteiger charge is 2.23. The van der Waals surface area contributed by atoms with Gasteiger partial charge in [0.2, 0.25) is 0 Å². The smallest absolute Gasteiger partial charge is 0.277 e. The third-order valence-corrected chi connectivity index (χ3v) is 5.47. The van der Waals surface area contributed by atoms with Crippen molar-refractivity contribution in [3.8, 4) is 0 Å². The SMILES string of the molecule is CNCc1cc2cnccc2[nH]1.O=CCn1cnc2c(c1=O)NCC(c1ccccc1)C2. The molecule has 0 saturated heterocycles. The molecule has 1 atom stereocenters. The molecular formula is C24H26N6O2. The Labute approximate surface area is 185 Å². The fraction of sp³-hybridized carbons (Fsp3) is 0.250. The molecule has 0 aliphatic carbocycles. The Balaban J connectivity index is 0.000000174. The van der Waals surface area contributed by atoms with Crippen LogP contribution in [0.25, 0.3) is 10.9 Å². The topological polar surface area (TPSA) is 105 Å². The van der Waals surface area contributed by atoms with Crippen molar-refractivity contribution in [1.29, 1.82) is 0 Å². The number of rotatable bonds is 5. The zero-order valence-electron chi connectivity index (χ0n) is 17.9. The second-order valence-corrected chi connectivity index (χ2v) is 7.67. The first-order valence-corrected chi connectivity index (χ1v) is 10.6. The maximum atomic E-state index is 12.1. The summed E-state index contributed by atoms with van der Waals surface area (Å²) in [5.41, 5.74) is 4.72. The summed E-state index contributed by atoms with van der Waals surface area (Å²) in [7, 11) is 1.93. The lowest BCUT2D eigenvalue weighted by molar-refractivity contribution is -0.108. The Morgan fingerprint density at radius 1 is 1.25 bits per heavy atom. The van der Waals surface area contributed by atoms with Crippen LogP contribution in [-0.2, 0) is 24.3 Å². The van der Waals surface area contributed by atoms with Crippen LogP contribution in [0.15, 0.2) is 66.0 Å². The summed E-state index contributed by atoms with van der Waals surface area (Å²) in [6.45, 7) is 1.62. The normalized spacial score (nSPS) is 14.7. The van der Waals surface area contributed by atoms with Gasteiger partial charge in [-0.15, -0.1) is 0 Å². The van der Waals surface area contributed by atoms with E-state index in [1.54, 1.807) is 6.20 Å². The number of benzene rings is 1. The number of carbonyl (C=O) groups is 1. The van der Waals surface area contributed by atoms with Gasteiger partial charge >= 0.3 is 0 Å². The Bertz CT molecular complexity index is 1220. The number of nitrogens with zero attached hydrogens (tertiary/aromatic N) is 3. The van der Waals surface area contributed by atoms with Crippen molar-refractivity contribution in [3.63, 3.8) is 0 Å². The third-order valence-electron chi connectivity index (χ3n) is 5.47. The lowest BCUT2D eigenvalue weighted by atomic mass is 9.91. The van der Waals surface area contributed by atoms with Crippen LogP contribution >= 0.6 is 0 Å². The Morgan fingerprint density at radius 2 is 2.09 bits per heavy atom. The molecule has 3 N–H and O–H groups in total. The van der Waals surface area contributed by atoms with Gasteiger partial charge < -0.3 is 20.4 Å². The van der Waals surface area contributed by atoms with Gasteiger partial charge in [-0.3, -0.25) is 14.3 Å². The van der Waals surface area contributed by atoms with Crippen LogP contribution in [0.2, 0.25) is 0 Å². The first kappa shape index (κ1) is 21.5. The van der Waals surface area contributed by atoms with E-state index in [-0.39, 0.29) is 12.1 Å². The second kappa shape index (κ2) is 10.0. The molecule has 8 heteroatoms. The van der Waals surface area contributed by atoms with Crippen LogP contribution in [0.3, 0.4) is 0 Å². The number of nitrogens with one attached hydrogen (secondary N) is 3. The van der Waals surface area contributed by atoms with Gasteiger partial charge in [0.05, 0.1) is 18.6 Å². The van der Waals surface area contributed by atoms with Crippen molar-refractivity contribution in [2.24, 2.45) is 0 Å². The average molecular weight is 431 g/mol. The van der Waals surface area contributed by atoms with Crippen LogP contribution in [0.1, 0.15) is 22.9 Å². The number of aromatic amines is 1. The van der Waals surface area contributed by atoms with E-state index in [0.29, 0.717) is 24.4 Å². The van der Waals surface area contributed by atoms with Crippen LogP contribution in [0, 0.1) is 0 Å². The summed E-state index contributed by atoms with van der Waals surface area (Å²) in [6, 6.07) is 14.3. The van der Waals surface area contributed by atoms with E-state index in [2.05, 4.69) is 43.8 Å². The molecule has 8 nitrogen and oxygen atoms in total. The van der Waals surface area contributed by atoms with Gasteiger partial charge in [-0.1, -0.05) is 30.3 Å². The molecule has 164 valence electrons. The third kappa shape index (κ3) is 4.76. The zero-order valence-corrected chi connectivity index (χ0v) is 17.9. The molecule has 5 rings (SSSR count). The standard InChI is InChI=1S/C15H15N3O2.C9H11N3/c19-7-6-18-10-17-13-8-12(9-16-14(13)15(18)20)11-4-2-1-3-5-11;1-10-6-8-4-7-5-11-3-2-9(7)12-8/h1-5,7,10,12,16H,6,8-9H2;2-5,10,12H,6H2,1H3. The fourth-order valence-electron chi connectivity index (χ4n) is 3.88. The van der Waals surface area contributed by atoms with E-state index in [4.69, 9.17) is 0 Å². The van der Waals surface area contributed by atoms with E-state index in [1.807, 2.05) is 37.5 Å². The summed E-state index contributed by atoms with van der Waals surface area (Å²) in [5.74, 6) is 0.317. The minimum Gasteiger partial charge on any atom is -0.378 e. The number of anilines is 1. The first-order chi connectivity index (χ1) is 15.7. The molecule has 4 aromatic rings. The molecule has 0 amide bonds. The molecular weight excluding hydrogens is 404 g/mol. The molecule has 1 aromatic carbocycles. The number of hydrogen-bond donors (Lipinski definition) is 3. The van der Waals surface area contributed by atoms with E-state index in [1.165, 1.54) is 27.5 Å². The minimum atomic E-state index is -0.173. The van der Waals surface area contributed by atoms with E-state index >= 15 is 0 Å². The monoisotopic (exact) mass is 430 g/mol. The van der Waals surface area contributed by atoms with Crippen LogP contribution in [0.4, 0.5) is 5.69 Å². The van der Waals surface area contributed by atoms with E-state index in [0.717, 1.165) is 24.2 Å². The molecule has 1 aliphatic rings. The number of fused-ring (bicyclic) bond motifs is 2. The summed E-state index contributed by atoms with van der Waals surface area (Å²) in [5, 5.41) is 7.43. The highest BCUT2D eigenvalue weighted by atomic mass is 16.1. The molecule has 32 heavy (non-hydrogen) atoms. The van der Waals surface area contributed by atoms with Crippen LogP contribution < -0.4 is 16.2 Å². The predicted octanol–water partition coefficient (Wildman–Crippen LogP) is 2.48. The van der Waals surface area contributed by atoms with Crippen molar-refractivity contribution in [2.45, 2.75) is 25.4 Å². The van der Waals surface area contributed by atoms with Crippen molar-refractivity contribution in [2.75, 3.05) is 18.9 Å². The summed E-state index contributed by atoms with van der Waals surface area (Å²) in [4.78, 5) is 34.3. The molecule has 0 radical (unpaired) electrons. The Morgan fingerprint density at radius 3 is 2.84 bits per heavy atom. The Hall–Kier alpha value is -3.78. The first-order valence-electron chi connectivity index (χ1n) is 10.6. The summed E-state index contributed by atoms with van der Waals surface area (Å²) < 4.78 is 1.32. The van der Waals surface area contributed by atoms with Crippen molar-refractivity contribution >= 4 is 22.9 Å². The maximum absolute atomic E-state index is 12.1. The van der Waals surface area contributed by atoms with Crippen LogP contribution in [0.5, 0.6) is 0 Å². The number of pyridine rings is 1. The zero-order chi connectivity index (χ0) is 22.3. The number of H-pyrrole nitrogens is 1. The van der Waals surface area contributed by atoms with Crippen molar-refractivity contribution < 1.29 is 4.79 Å². The fourth-order valence-corrected chi connectivity index (χ4v) is 3.88. The number of carbonyl (C=O) groups excluding carboxylic acids is 1. The molecule has 1 unspecified atom stereocenters. The van der Waals surface area contributed by atoms with Crippen molar-refractivity contribution in [1.82, 2.24) is 24.8 Å². The number of aromatic nitrogens is 4. The molecule has 0 bridgehead atoms. The molecule has 1 aliphatic heterocycles. The molecule has 4 heterocycles. The van der Waals surface area contributed by atoms with Gasteiger partial charge in [-0.2, -0.15) is 0 Å². The minimum absolute atomic E-state index is 0.0446. The van der Waals surface area contributed by atoms with Gasteiger partial charge in [0, 0.05) is 54.4 Å². The van der Waals surface area contributed by atoms with Crippen molar-refractivity contribution in [3.05, 3.63) is 88.5 Å². The van der Waals surface area contributed by atoms with Gasteiger partial charge in [0.25, 0.3) is 5.56 Å². The average Bonchev–Trinajstić information content (AvgIpc) is 3.25. The summed E-state index contributed by atoms with van der Waals surface area (Å²) in [6.07, 6.45) is 6.55. The Kier molecular flexibility index (Phi) is 6.72. The molecule has 0 saturated carbocycles. The maximum Gasteiger partial charge on any atom is 0.277 e.